The van der Waals surface area contributed by atoms with Gasteiger partial charge in [-0.2, -0.15) is 13.2 Å². The lowest BCUT2D eigenvalue weighted by molar-refractivity contribution is -0.137. The fraction of sp³-hybridized carbons (Fsp3) is 0.130. The predicted molar refractivity (Wildman–Crippen MR) is 111 cm³/mol. The van der Waals surface area contributed by atoms with Gasteiger partial charge in [0, 0.05) is 16.5 Å². The van der Waals surface area contributed by atoms with Crippen LogP contribution in [0.5, 0.6) is 0 Å². The van der Waals surface area contributed by atoms with Gasteiger partial charge in [-0.25, -0.2) is 0 Å². The van der Waals surface area contributed by atoms with E-state index in [1.54, 1.807) is 41.0 Å². The van der Waals surface area contributed by atoms with Crippen molar-refractivity contribution in [1.29, 1.82) is 0 Å². The first-order chi connectivity index (χ1) is 14.2. The van der Waals surface area contributed by atoms with E-state index in [2.05, 4.69) is 5.32 Å². The number of amides is 1. The molecule has 0 bridgehead atoms. The van der Waals surface area contributed by atoms with Crippen molar-refractivity contribution in [3.8, 4) is 0 Å². The lowest BCUT2D eigenvalue weighted by Crippen LogP contribution is -2.21. The SMILES string of the molecule is Cc1ccc2c(c1)c(=O)c1ccccc1n2CC(=O)Nc1cccc(C(F)(F)F)c1. The zero-order chi connectivity index (χ0) is 21.5. The molecule has 152 valence electrons. The van der Waals surface area contributed by atoms with Crippen molar-refractivity contribution >= 4 is 33.4 Å². The molecule has 0 aliphatic rings. The monoisotopic (exact) mass is 410 g/mol. The zero-order valence-corrected chi connectivity index (χ0v) is 16.0. The van der Waals surface area contributed by atoms with E-state index in [0.29, 0.717) is 21.8 Å². The van der Waals surface area contributed by atoms with Crippen molar-refractivity contribution < 1.29 is 18.0 Å². The topological polar surface area (TPSA) is 51.1 Å². The maximum Gasteiger partial charge on any atom is 0.416 e. The molecule has 0 atom stereocenters. The Labute approximate surface area is 169 Å². The summed E-state index contributed by atoms with van der Waals surface area (Å²) in [5.74, 6) is -0.495. The van der Waals surface area contributed by atoms with Gasteiger partial charge in [0.1, 0.15) is 6.54 Å². The summed E-state index contributed by atoms with van der Waals surface area (Å²) < 4.78 is 40.5. The molecule has 3 aromatic carbocycles. The maximum atomic E-state index is 12.9. The minimum Gasteiger partial charge on any atom is -0.331 e. The molecular formula is C23H17F3N2O2. The van der Waals surface area contributed by atoms with Gasteiger partial charge in [-0.1, -0.05) is 29.8 Å². The first-order valence-corrected chi connectivity index (χ1v) is 9.23. The van der Waals surface area contributed by atoms with E-state index < -0.39 is 17.6 Å². The molecule has 1 N–H and O–H groups in total. The molecule has 1 amide bonds. The number of aryl methyl sites for hydroxylation is 1. The molecule has 0 aliphatic heterocycles. The number of hydrogen-bond donors (Lipinski definition) is 1. The van der Waals surface area contributed by atoms with Gasteiger partial charge in [0.2, 0.25) is 5.91 Å². The number of nitrogens with one attached hydrogen (secondary N) is 1. The summed E-state index contributed by atoms with van der Waals surface area (Å²) >= 11 is 0. The van der Waals surface area contributed by atoms with Crippen molar-refractivity contribution in [1.82, 2.24) is 4.57 Å². The number of pyridine rings is 1. The average Bonchev–Trinajstić information content (AvgIpc) is 2.71. The lowest BCUT2D eigenvalue weighted by Gasteiger charge is -2.16. The summed E-state index contributed by atoms with van der Waals surface area (Å²) in [7, 11) is 0. The largest absolute Gasteiger partial charge is 0.416 e. The second-order valence-corrected chi connectivity index (χ2v) is 7.08. The number of nitrogens with zero attached hydrogens (tertiary/aromatic N) is 1. The van der Waals surface area contributed by atoms with Crippen LogP contribution in [-0.2, 0) is 17.5 Å². The first kappa shape index (κ1) is 19.7. The number of carbonyl (C=O) groups is 1. The van der Waals surface area contributed by atoms with Gasteiger partial charge in [-0.05, 0) is 49.4 Å². The highest BCUT2D eigenvalue weighted by Crippen LogP contribution is 2.30. The number of benzene rings is 3. The Balaban J connectivity index is 1.76. The Morgan fingerprint density at radius 3 is 2.43 bits per heavy atom. The van der Waals surface area contributed by atoms with E-state index in [9.17, 15) is 22.8 Å². The van der Waals surface area contributed by atoms with Gasteiger partial charge >= 0.3 is 6.18 Å². The van der Waals surface area contributed by atoms with Gasteiger partial charge in [0.05, 0.1) is 16.6 Å². The maximum absolute atomic E-state index is 12.9. The van der Waals surface area contributed by atoms with Crippen LogP contribution in [0.4, 0.5) is 18.9 Å². The Kier molecular flexibility index (Phi) is 4.81. The van der Waals surface area contributed by atoms with Crippen LogP contribution in [0.1, 0.15) is 11.1 Å². The smallest absolute Gasteiger partial charge is 0.331 e. The van der Waals surface area contributed by atoms with Crippen molar-refractivity contribution in [2.24, 2.45) is 0 Å². The summed E-state index contributed by atoms with van der Waals surface area (Å²) in [6, 6.07) is 16.8. The molecule has 0 unspecified atom stereocenters. The second-order valence-electron chi connectivity index (χ2n) is 7.08. The fourth-order valence-electron chi connectivity index (χ4n) is 3.53. The summed E-state index contributed by atoms with van der Waals surface area (Å²) in [4.78, 5) is 25.6. The van der Waals surface area contributed by atoms with Gasteiger partial charge < -0.3 is 9.88 Å². The number of aromatic nitrogens is 1. The second kappa shape index (κ2) is 7.33. The van der Waals surface area contributed by atoms with Crippen LogP contribution >= 0.6 is 0 Å². The highest BCUT2D eigenvalue weighted by atomic mass is 19.4. The molecule has 4 aromatic rings. The third kappa shape index (κ3) is 3.66. The van der Waals surface area contributed by atoms with Crippen LogP contribution < -0.4 is 10.7 Å². The third-order valence-electron chi connectivity index (χ3n) is 4.90. The molecule has 7 heteroatoms. The van der Waals surface area contributed by atoms with Crippen LogP contribution in [0.15, 0.2) is 71.5 Å². The number of hydrogen-bond acceptors (Lipinski definition) is 2. The number of para-hydroxylation sites is 1. The molecule has 0 saturated heterocycles. The van der Waals surface area contributed by atoms with Gasteiger partial charge in [-0.15, -0.1) is 0 Å². The normalized spacial score (nSPS) is 11.7. The molecule has 1 heterocycles. The molecule has 0 saturated carbocycles. The quantitative estimate of drug-likeness (QED) is 0.477. The summed E-state index contributed by atoms with van der Waals surface area (Å²) in [5.41, 5.74) is 1.17. The van der Waals surface area contributed by atoms with Gasteiger partial charge in [0.25, 0.3) is 0 Å². The summed E-state index contributed by atoms with van der Waals surface area (Å²) in [6.45, 7) is 1.72. The van der Waals surface area contributed by atoms with Gasteiger partial charge in [-0.3, -0.25) is 9.59 Å². The van der Waals surface area contributed by atoms with E-state index >= 15 is 0 Å². The van der Waals surface area contributed by atoms with Crippen molar-refractivity contribution in [2.75, 3.05) is 5.32 Å². The third-order valence-corrected chi connectivity index (χ3v) is 4.90. The van der Waals surface area contributed by atoms with Crippen LogP contribution in [0.3, 0.4) is 0 Å². The van der Waals surface area contributed by atoms with Crippen LogP contribution in [0.2, 0.25) is 0 Å². The standard InChI is InChI=1S/C23H17F3N2O2/c1-14-9-10-20-18(11-14)22(30)17-7-2-3-8-19(17)28(20)13-21(29)27-16-6-4-5-15(12-16)23(24,25)26/h2-12H,13H2,1H3,(H,27,29). The Bertz CT molecular complexity index is 1340. The summed E-state index contributed by atoms with van der Waals surface area (Å²) in [5, 5.41) is 3.48. The van der Waals surface area contributed by atoms with E-state index in [-0.39, 0.29) is 17.7 Å². The van der Waals surface area contributed by atoms with E-state index in [4.69, 9.17) is 0 Å². The average molecular weight is 410 g/mol. The zero-order valence-electron chi connectivity index (χ0n) is 16.0. The number of fused-ring (bicyclic) bond motifs is 2. The molecule has 0 radical (unpaired) electrons. The van der Waals surface area contributed by atoms with Crippen LogP contribution in [0.25, 0.3) is 21.8 Å². The van der Waals surface area contributed by atoms with Crippen LogP contribution in [0, 0.1) is 6.92 Å². The summed E-state index contributed by atoms with van der Waals surface area (Å²) in [6.07, 6.45) is -4.50. The molecule has 0 aliphatic carbocycles. The minimum absolute atomic E-state index is 0.0559. The number of alkyl halides is 3. The first-order valence-electron chi connectivity index (χ1n) is 9.23. The molecule has 4 rings (SSSR count). The van der Waals surface area contributed by atoms with E-state index in [1.807, 2.05) is 13.0 Å². The molecule has 0 spiro atoms. The molecule has 0 fully saturated rings. The van der Waals surface area contributed by atoms with Crippen molar-refractivity contribution in [2.45, 2.75) is 19.6 Å². The molecule has 1 aromatic heterocycles. The van der Waals surface area contributed by atoms with Crippen molar-refractivity contribution in [3.63, 3.8) is 0 Å². The highest BCUT2D eigenvalue weighted by Gasteiger charge is 2.30. The number of rotatable bonds is 3. The van der Waals surface area contributed by atoms with E-state index in [1.165, 1.54) is 12.1 Å². The Morgan fingerprint density at radius 2 is 1.67 bits per heavy atom. The molecule has 4 nitrogen and oxygen atoms in total. The lowest BCUT2D eigenvalue weighted by atomic mass is 10.1. The number of anilines is 1. The number of carbonyl (C=O) groups excluding carboxylic acids is 1. The minimum atomic E-state index is -4.50. The fourth-order valence-corrected chi connectivity index (χ4v) is 3.53. The Morgan fingerprint density at radius 1 is 0.933 bits per heavy atom. The molecule has 30 heavy (non-hydrogen) atoms. The van der Waals surface area contributed by atoms with Crippen molar-refractivity contribution in [3.05, 3.63) is 88.1 Å². The molecular weight excluding hydrogens is 393 g/mol. The van der Waals surface area contributed by atoms with E-state index in [0.717, 1.165) is 17.7 Å². The Hall–Kier alpha value is -3.61. The highest BCUT2D eigenvalue weighted by molar-refractivity contribution is 5.97. The van der Waals surface area contributed by atoms with Gasteiger partial charge in [0.15, 0.2) is 5.43 Å². The predicted octanol–water partition coefficient (Wildman–Crippen LogP) is 5.12. The van der Waals surface area contributed by atoms with Crippen LogP contribution in [-0.4, -0.2) is 10.5 Å². The number of halogens is 3.